The molecular formula is C21H22F4N4O3S. The van der Waals surface area contributed by atoms with E-state index in [2.05, 4.69) is 4.98 Å². The smallest absolute Gasteiger partial charge is 0.353 e. The standard InChI is InChI=1S/C21H22F4N4O3S/c22-16-4-1-2-6-18(16)33(31,32)29-9-3-5-17(29)20(30)28-12-10-27(11-13-28)19-8-7-15(14-26-19)21(23,24)25/h1-2,4,6-8,14,17H,3,5,9-13H2. The number of carbonyl (C=O) groups is 1. The number of rotatable bonds is 4. The van der Waals surface area contributed by atoms with Crippen molar-refractivity contribution >= 4 is 21.7 Å². The second-order valence-corrected chi connectivity index (χ2v) is 9.78. The van der Waals surface area contributed by atoms with Gasteiger partial charge < -0.3 is 9.80 Å². The summed E-state index contributed by atoms with van der Waals surface area (Å²) in [4.78, 5) is 19.9. The van der Waals surface area contributed by atoms with E-state index in [-0.39, 0.29) is 25.5 Å². The molecule has 2 saturated heterocycles. The molecular weight excluding hydrogens is 464 g/mol. The highest BCUT2D eigenvalue weighted by molar-refractivity contribution is 7.89. The number of amides is 1. The van der Waals surface area contributed by atoms with Gasteiger partial charge in [0.2, 0.25) is 15.9 Å². The number of hydrogen-bond acceptors (Lipinski definition) is 5. The lowest BCUT2D eigenvalue weighted by atomic mass is 10.2. The van der Waals surface area contributed by atoms with Crippen molar-refractivity contribution in [2.45, 2.75) is 30.0 Å². The minimum atomic E-state index is -4.47. The normalized spacial score (nSPS) is 20.3. The van der Waals surface area contributed by atoms with Crippen LogP contribution in [0.4, 0.5) is 23.4 Å². The first-order valence-corrected chi connectivity index (χ1v) is 11.9. The molecule has 4 rings (SSSR count). The second kappa shape index (κ2) is 8.90. The van der Waals surface area contributed by atoms with Crippen molar-refractivity contribution < 1.29 is 30.8 Å². The SMILES string of the molecule is O=C(C1CCCN1S(=O)(=O)c1ccccc1F)N1CCN(c2ccc(C(F)(F)F)cn2)CC1. The van der Waals surface area contributed by atoms with Gasteiger partial charge in [-0.3, -0.25) is 4.79 Å². The van der Waals surface area contributed by atoms with E-state index in [0.29, 0.717) is 31.7 Å². The van der Waals surface area contributed by atoms with Crippen molar-refractivity contribution in [1.82, 2.24) is 14.2 Å². The zero-order valence-corrected chi connectivity index (χ0v) is 18.3. The first kappa shape index (κ1) is 23.4. The van der Waals surface area contributed by atoms with E-state index in [1.807, 2.05) is 0 Å². The number of alkyl halides is 3. The Hall–Kier alpha value is -2.73. The van der Waals surface area contributed by atoms with Crippen LogP contribution in [-0.2, 0) is 21.0 Å². The Morgan fingerprint density at radius 3 is 2.30 bits per heavy atom. The minimum absolute atomic E-state index is 0.127. The van der Waals surface area contributed by atoms with E-state index in [1.54, 1.807) is 9.80 Å². The van der Waals surface area contributed by atoms with Crippen LogP contribution in [-0.4, -0.2) is 67.3 Å². The molecule has 0 saturated carbocycles. The van der Waals surface area contributed by atoms with Gasteiger partial charge in [-0.25, -0.2) is 17.8 Å². The Bertz CT molecular complexity index is 1120. The van der Waals surface area contributed by atoms with E-state index in [4.69, 9.17) is 0 Å². The van der Waals surface area contributed by atoms with E-state index in [9.17, 15) is 30.8 Å². The fourth-order valence-electron chi connectivity index (χ4n) is 4.16. The van der Waals surface area contributed by atoms with Gasteiger partial charge in [-0.1, -0.05) is 12.1 Å². The molecule has 2 aliphatic heterocycles. The highest BCUT2D eigenvalue weighted by Crippen LogP contribution is 2.31. The number of hydrogen-bond donors (Lipinski definition) is 0. The summed E-state index contributed by atoms with van der Waals surface area (Å²) in [6.07, 6.45) is -2.86. The lowest BCUT2D eigenvalue weighted by molar-refractivity contribution is -0.138. The Morgan fingerprint density at radius 2 is 1.70 bits per heavy atom. The number of pyridine rings is 1. The predicted octanol–water partition coefficient (Wildman–Crippen LogP) is 2.74. The summed E-state index contributed by atoms with van der Waals surface area (Å²) in [5.74, 6) is -0.847. The molecule has 2 fully saturated rings. The molecule has 0 N–H and O–H groups in total. The van der Waals surface area contributed by atoms with Crippen molar-refractivity contribution in [3.8, 4) is 0 Å². The van der Waals surface area contributed by atoms with E-state index >= 15 is 0 Å². The average Bonchev–Trinajstić information content (AvgIpc) is 3.29. The van der Waals surface area contributed by atoms with Crippen LogP contribution in [0.3, 0.4) is 0 Å². The van der Waals surface area contributed by atoms with Gasteiger partial charge in [0.25, 0.3) is 0 Å². The highest BCUT2D eigenvalue weighted by Gasteiger charge is 2.42. The minimum Gasteiger partial charge on any atom is -0.353 e. The van der Waals surface area contributed by atoms with Crippen LogP contribution >= 0.6 is 0 Å². The van der Waals surface area contributed by atoms with Crippen molar-refractivity contribution in [1.29, 1.82) is 0 Å². The number of benzene rings is 1. The molecule has 0 spiro atoms. The van der Waals surface area contributed by atoms with Crippen molar-refractivity contribution in [2.75, 3.05) is 37.6 Å². The van der Waals surface area contributed by atoms with Gasteiger partial charge >= 0.3 is 6.18 Å². The molecule has 33 heavy (non-hydrogen) atoms. The third kappa shape index (κ3) is 4.67. The number of carbonyl (C=O) groups excluding carboxylic acids is 1. The molecule has 1 aromatic heterocycles. The molecule has 178 valence electrons. The highest BCUT2D eigenvalue weighted by atomic mass is 32.2. The summed E-state index contributed by atoms with van der Waals surface area (Å²) in [5.41, 5.74) is -0.836. The summed E-state index contributed by atoms with van der Waals surface area (Å²) in [5, 5.41) is 0. The van der Waals surface area contributed by atoms with Gasteiger partial charge in [-0.2, -0.15) is 17.5 Å². The molecule has 0 aliphatic carbocycles. The Balaban J connectivity index is 1.42. The summed E-state index contributed by atoms with van der Waals surface area (Å²) in [6, 6.07) is 6.41. The predicted molar refractivity (Wildman–Crippen MR) is 111 cm³/mol. The maximum absolute atomic E-state index is 14.1. The van der Waals surface area contributed by atoms with Gasteiger partial charge in [0.1, 0.15) is 22.6 Å². The quantitative estimate of drug-likeness (QED) is 0.622. The average molecular weight is 486 g/mol. The summed E-state index contributed by atoms with van der Waals surface area (Å²) >= 11 is 0. The van der Waals surface area contributed by atoms with Gasteiger partial charge in [0.05, 0.1) is 5.56 Å². The zero-order valence-electron chi connectivity index (χ0n) is 17.5. The first-order valence-electron chi connectivity index (χ1n) is 10.4. The van der Waals surface area contributed by atoms with Crippen LogP contribution in [0.5, 0.6) is 0 Å². The third-order valence-corrected chi connectivity index (χ3v) is 7.84. The maximum atomic E-state index is 14.1. The van der Waals surface area contributed by atoms with Gasteiger partial charge in [0.15, 0.2) is 0 Å². The topological polar surface area (TPSA) is 73.8 Å². The second-order valence-electron chi connectivity index (χ2n) is 7.92. The fraction of sp³-hybridized carbons (Fsp3) is 0.429. The Morgan fingerprint density at radius 1 is 1.00 bits per heavy atom. The molecule has 12 heteroatoms. The maximum Gasteiger partial charge on any atom is 0.417 e. The molecule has 1 aromatic carbocycles. The first-order chi connectivity index (χ1) is 15.6. The number of aromatic nitrogens is 1. The fourth-order valence-corrected chi connectivity index (χ4v) is 5.88. The molecule has 0 radical (unpaired) electrons. The summed E-state index contributed by atoms with van der Waals surface area (Å²) < 4.78 is 79.4. The van der Waals surface area contributed by atoms with Crippen molar-refractivity contribution in [3.63, 3.8) is 0 Å². The van der Waals surface area contributed by atoms with Crippen LogP contribution in [0, 0.1) is 5.82 Å². The number of piperazine rings is 1. The Kier molecular flexibility index (Phi) is 6.32. The molecule has 1 unspecified atom stereocenters. The van der Waals surface area contributed by atoms with Gasteiger partial charge in [0, 0.05) is 38.9 Å². The molecule has 0 bridgehead atoms. The van der Waals surface area contributed by atoms with E-state index < -0.39 is 38.5 Å². The van der Waals surface area contributed by atoms with Gasteiger partial charge in [-0.15, -0.1) is 0 Å². The van der Waals surface area contributed by atoms with Crippen LogP contribution in [0.25, 0.3) is 0 Å². The number of halogens is 4. The number of sulfonamides is 1. The molecule has 1 atom stereocenters. The molecule has 2 aliphatic rings. The monoisotopic (exact) mass is 486 g/mol. The van der Waals surface area contributed by atoms with Gasteiger partial charge in [-0.05, 0) is 37.1 Å². The third-order valence-electron chi connectivity index (χ3n) is 5.90. The molecule has 2 aromatic rings. The van der Waals surface area contributed by atoms with Crippen LogP contribution in [0.1, 0.15) is 18.4 Å². The summed E-state index contributed by atoms with van der Waals surface area (Å²) in [6.45, 7) is 1.35. The van der Waals surface area contributed by atoms with Crippen LogP contribution in [0.2, 0.25) is 0 Å². The van der Waals surface area contributed by atoms with Crippen molar-refractivity contribution in [3.05, 3.63) is 54.0 Å². The molecule has 3 heterocycles. The molecule has 7 nitrogen and oxygen atoms in total. The lowest BCUT2D eigenvalue weighted by Crippen LogP contribution is -2.54. The Labute approximate surface area is 188 Å². The molecule has 1 amide bonds. The summed E-state index contributed by atoms with van der Waals surface area (Å²) in [7, 11) is -4.17. The van der Waals surface area contributed by atoms with Crippen LogP contribution < -0.4 is 4.90 Å². The number of nitrogens with zero attached hydrogens (tertiary/aromatic N) is 4. The lowest BCUT2D eigenvalue weighted by Gasteiger charge is -2.37. The largest absolute Gasteiger partial charge is 0.417 e. The van der Waals surface area contributed by atoms with Crippen LogP contribution in [0.15, 0.2) is 47.5 Å². The number of anilines is 1. The zero-order chi connectivity index (χ0) is 23.8. The van der Waals surface area contributed by atoms with Crippen molar-refractivity contribution in [2.24, 2.45) is 0 Å². The van der Waals surface area contributed by atoms with E-state index in [1.165, 1.54) is 24.3 Å². The van der Waals surface area contributed by atoms with E-state index in [0.717, 1.165) is 22.6 Å².